The van der Waals surface area contributed by atoms with Gasteiger partial charge in [0.2, 0.25) is 5.91 Å². The van der Waals surface area contributed by atoms with Gasteiger partial charge < -0.3 is 5.73 Å². The van der Waals surface area contributed by atoms with Crippen LogP contribution in [0.5, 0.6) is 0 Å². The molecule has 1 heterocycles. The Labute approximate surface area is 85.6 Å². The first-order valence-corrected chi connectivity index (χ1v) is 4.19. The Morgan fingerprint density at radius 3 is 2.93 bits per heavy atom. The summed E-state index contributed by atoms with van der Waals surface area (Å²) in [6.07, 6.45) is 4.43. The average Bonchev–Trinajstić information content (AvgIpc) is 2.20. The number of halogens is 1. The Kier molecular flexibility index (Phi) is 3.68. The monoisotopic (exact) mass is 208 g/mol. The van der Waals surface area contributed by atoms with E-state index in [4.69, 9.17) is 5.73 Å². The fraction of sp³-hybridized carbons (Fsp3) is 0.100. The number of nitrogens with zero attached hydrogens (tertiary/aromatic N) is 1. The molecule has 0 aromatic carbocycles. The minimum atomic E-state index is -0.669. The van der Waals surface area contributed by atoms with Crippen LogP contribution in [-0.4, -0.2) is 17.2 Å². The number of amides is 1. The van der Waals surface area contributed by atoms with Crippen molar-refractivity contribution in [2.45, 2.75) is 6.42 Å². The summed E-state index contributed by atoms with van der Waals surface area (Å²) in [6.45, 7) is 0. The van der Waals surface area contributed by atoms with Crippen molar-refractivity contribution >= 4 is 18.3 Å². The minimum absolute atomic E-state index is 0.0660. The molecule has 2 N–H and O–H groups in total. The molecule has 0 aliphatic heterocycles. The van der Waals surface area contributed by atoms with E-state index in [1.807, 2.05) is 0 Å². The second-order valence-electron chi connectivity index (χ2n) is 2.82. The van der Waals surface area contributed by atoms with Gasteiger partial charge in [-0.1, -0.05) is 6.08 Å². The summed E-state index contributed by atoms with van der Waals surface area (Å²) in [5, 5.41) is 0. The maximum atomic E-state index is 12.8. The first-order valence-electron chi connectivity index (χ1n) is 4.19. The fourth-order valence-electron chi connectivity index (χ4n) is 0.949. The smallest absolute Gasteiger partial charge is 0.221 e. The molecule has 1 rings (SSSR count). The largest absolute Gasteiger partial charge is 0.369 e. The molecule has 0 aliphatic rings. The summed E-state index contributed by atoms with van der Waals surface area (Å²) in [4.78, 5) is 24.5. The predicted octanol–water partition coefficient (Wildman–Crippen LogP) is 0.922. The first-order chi connectivity index (χ1) is 7.13. The van der Waals surface area contributed by atoms with Crippen molar-refractivity contribution in [3.63, 3.8) is 0 Å². The summed E-state index contributed by atoms with van der Waals surface area (Å²) >= 11 is 0. The van der Waals surface area contributed by atoms with E-state index in [2.05, 4.69) is 4.98 Å². The number of rotatable bonds is 4. The van der Waals surface area contributed by atoms with Crippen LogP contribution in [0.15, 0.2) is 18.3 Å². The molecule has 0 aliphatic carbocycles. The highest BCUT2D eigenvalue weighted by atomic mass is 19.1. The van der Waals surface area contributed by atoms with Gasteiger partial charge in [0.25, 0.3) is 0 Å². The molecule has 1 aromatic rings. The van der Waals surface area contributed by atoms with Crippen LogP contribution in [0.3, 0.4) is 0 Å². The van der Waals surface area contributed by atoms with Gasteiger partial charge in [-0.3, -0.25) is 14.6 Å². The Bertz CT molecular complexity index is 416. The van der Waals surface area contributed by atoms with E-state index in [0.717, 1.165) is 6.20 Å². The van der Waals surface area contributed by atoms with Gasteiger partial charge in [0.05, 0.1) is 17.5 Å². The predicted molar refractivity (Wildman–Crippen MR) is 52.4 cm³/mol. The second kappa shape index (κ2) is 4.99. The van der Waals surface area contributed by atoms with Crippen molar-refractivity contribution in [3.8, 4) is 0 Å². The summed E-state index contributed by atoms with van der Waals surface area (Å²) in [5.41, 5.74) is 5.25. The highest BCUT2D eigenvalue weighted by Crippen LogP contribution is 2.06. The van der Waals surface area contributed by atoms with Crippen molar-refractivity contribution in [1.29, 1.82) is 0 Å². The summed E-state index contributed by atoms with van der Waals surface area (Å²) in [6, 6.07) is 1.29. The molecule has 1 amide bonds. The molecule has 0 unspecified atom stereocenters. The van der Waals surface area contributed by atoms with Crippen LogP contribution in [0.4, 0.5) is 4.39 Å². The van der Waals surface area contributed by atoms with E-state index < -0.39 is 11.7 Å². The van der Waals surface area contributed by atoms with E-state index in [1.54, 1.807) is 0 Å². The maximum absolute atomic E-state index is 12.8. The third kappa shape index (κ3) is 3.30. The van der Waals surface area contributed by atoms with Gasteiger partial charge in [0.15, 0.2) is 12.1 Å². The molecule has 78 valence electrons. The topological polar surface area (TPSA) is 73.1 Å². The van der Waals surface area contributed by atoms with Gasteiger partial charge in [-0.15, -0.1) is 0 Å². The van der Waals surface area contributed by atoms with Gasteiger partial charge in [-0.05, 0) is 12.1 Å². The van der Waals surface area contributed by atoms with Crippen LogP contribution in [0.2, 0.25) is 0 Å². The van der Waals surface area contributed by atoms with E-state index in [1.165, 1.54) is 18.2 Å². The number of aromatic nitrogens is 1. The summed E-state index contributed by atoms with van der Waals surface area (Å²) < 4.78 is 12.8. The quantitative estimate of drug-likeness (QED) is 0.748. The zero-order valence-electron chi connectivity index (χ0n) is 7.81. The van der Waals surface area contributed by atoms with Gasteiger partial charge >= 0.3 is 0 Å². The molecule has 4 nitrogen and oxygen atoms in total. The lowest BCUT2D eigenvalue weighted by molar-refractivity contribution is -0.117. The van der Waals surface area contributed by atoms with E-state index >= 15 is 0 Å². The summed E-state index contributed by atoms with van der Waals surface area (Å²) in [5.74, 6) is -1.14. The van der Waals surface area contributed by atoms with E-state index in [0.29, 0.717) is 12.0 Å². The highest BCUT2D eigenvalue weighted by Gasteiger charge is 2.01. The second-order valence-corrected chi connectivity index (χ2v) is 2.82. The zero-order valence-corrected chi connectivity index (χ0v) is 7.81. The van der Waals surface area contributed by atoms with Crippen LogP contribution in [-0.2, 0) is 4.79 Å². The van der Waals surface area contributed by atoms with E-state index in [-0.39, 0.29) is 12.0 Å². The fourth-order valence-corrected chi connectivity index (χ4v) is 0.949. The van der Waals surface area contributed by atoms with Crippen LogP contribution in [0, 0.1) is 5.82 Å². The van der Waals surface area contributed by atoms with Crippen molar-refractivity contribution in [3.05, 3.63) is 35.4 Å². The molecule has 0 bridgehead atoms. The first kappa shape index (κ1) is 11.0. The van der Waals surface area contributed by atoms with E-state index in [9.17, 15) is 14.0 Å². The number of hydrogen-bond acceptors (Lipinski definition) is 3. The molecular weight excluding hydrogens is 199 g/mol. The molecule has 15 heavy (non-hydrogen) atoms. The van der Waals surface area contributed by atoms with Crippen LogP contribution in [0.1, 0.15) is 22.5 Å². The zero-order chi connectivity index (χ0) is 11.3. The lowest BCUT2D eigenvalue weighted by Gasteiger charge is -1.95. The average molecular weight is 208 g/mol. The third-order valence-electron chi connectivity index (χ3n) is 1.64. The number of carbonyl (C=O) groups excluding carboxylic acids is 2. The number of pyridine rings is 1. The van der Waals surface area contributed by atoms with Crippen LogP contribution in [0.25, 0.3) is 6.08 Å². The Morgan fingerprint density at radius 2 is 2.33 bits per heavy atom. The lowest BCUT2D eigenvalue weighted by atomic mass is 10.2. The summed E-state index contributed by atoms with van der Waals surface area (Å²) in [7, 11) is 0. The van der Waals surface area contributed by atoms with Crippen molar-refractivity contribution in [1.82, 2.24) is 4.98 Å². The molecule has 0 radical (unpaired) electrons. The number of primary amides is 1. The molecule has 0 saturated carbocycles. The molecule has 1 aromatic heterocycles. The van der Waals surface area contributed by atoms with Crippen LogP contribution < -0.4 is 5.73 Å². The van der Waals surface area contributed by atoms with Crippen LogP contribution >= 0.6 is 0 Å². The molecule has 0 saturated heterocycles. The van der Waals surface area contributed by atoms with Crippen molar-refractivity contribution in [2.75, 3.05) is 0 Å². The SMILES string of the molecule is NC(=O)CC=Cc1cc(C=O)c(F)cn1. The van der Waals surface area contributed by atoms with Gasteiger partial charge in [-0.25, -0.2) is 4.39 Å². The maximum Gasteiger partial charge on any atom is 0.221 e. The Hall–Kier alpha value is -2.04. The molecule has 0 atom stereocenters. The molecule has 0 spiro atoms. The Morgan fingerprint density at radius 1 is 1.60 bits per heavy atom. The molecule has 5 heteroatoms. The normalized spacial score (nSPS) is 10.5. The number of hydrogen-bond donors (Lipinski definition) is 1. The van der Waals surface area contributed by atoms with Crippen molar-refractivity contribution in [2.24, 2.45) is 5.73 Å². The molecular formula is C10H9FN2O2. The third-order valence-corrected chi connectivity index (χ3v) is 1.64. The highest BCUT2D eigenvalue weighted by molar-refractivity contribution is 5.77. The van der Waals surface area contributed by atoms with Gasteiger partial charge in [-0.2, -0.15) is 0 Å². The van der Waals surface area contributed by atoms with Gasteiger partial charge in [0.1, 0.15) is 0 Å². The lowest BCUT2D eigenvalue weighted by Crippen LogP contribution is -2.07. The van der Waals surface area contributed by atoms with Crippen molar-refractivity contribution < 1.29 is 14.0 Å². The molecule has 0 fully saturated rings. The number of nitrogens with two attached hydrogens (primary N) is 1. The standard InChI is InChI=1S/C10H9FN2O2/c11-9-5-13-8(4-7(9)6-14)2-1-3-10(12)15/h1-2,4-6H,3H2,(H2,12,15). The minimum Gasteiger partial charge on any atom is -0.369 e. The number of carbonyl (C=O) groups is 2. The van der Waals surface area contributed by atoms with Gasteiger partial charge in [0, 0.05) is 6.42 Å². The Balaban J connectivity index is 2.82. The number of aldehydes is 1.